The molecule has 1 heterocycles. The highest BCUT2D eigenvalue weighted by Crippen LogP contribution is 2.35. The van der Waals surface area contributed by atoms with Crippen LogP contribution in [0.15, 0.2) is 24.3 Å². The molecule has 2 unspecified atom stereocenters. The Labute approximate surface area is 141 Å². The van der Waals surface area contributed by atoms with Crippen LogP contribution in [0.25, 0.3) is 0 Å². The molecular formula is C21H32O2. The molecule has 1 aromatic rings. The molecule has 1 aliphatic heterocycles. The predicted octanol–water partition coefficient (Wildman–Crippen LogP) is 5.99. The van der Waals surface area contributed by atoms with Crippen LogP contribution in [0, 0.1) is 5.92 Å². The molecule has 2 atom stereocenters. The third kappa shape index (κ3) is 5.67. The van der Waals surface area contributed by atoms with Gasteiger partial charge in [-0.1, -0.05) is 76.6 Å². The topological polar surface area (TPSA) is 26.3 Å². The van der Waals surface area contributed by atoms with Gasteiger partial charge >= 0.3 is 5.97 Å². The Bertz CT molecular complexity index is 463. The van der Waals surface area contributed by atoms with Crippen molar-refractivity contribution in [3.63, 3.8) is 0 Å². The van der Waals surface area contributed by atoms with Crippen LogP contribution in [0.5, 0.6) is 0 Å². The monoisotopic (exact) mass is 316 g/mol. The zero-order chi connectivity index (χ0) is 16.5. The van der Waals surface area contributed by atoms with Crippen LogP contribution < -0.4 is 0 Å². The second kappa shape index (κ2) is 9.75. The molecule has 1 aliphatic rings. The average molecular weight is 316 g/mol. The molecule has 0 aliphatic carbocycles. The van der Waals surface area contributed by atoms with Gasteiger partial charge in [-0.25, -0.2) is 0 Å². The van der Waals surface area contributed by atoms with Gasteiger partial charge in [-0.3, -0.25) is 4.79 Å². The molecule has 23 heavy (non-hydrogen) atoms. The Morgan fingerprint density at radius 2 is 1.65 bits per heavy atom. The molecule has 0 spiro atoms. The van der Waals surface area contributed by atoms with Gasteiger partial charge in [0.25, 0.3) is 0 Å². The molecule has 1 saturated heterocycles. The van der Waals surface area contributed by atoms with Crippen molar-refractivity contribution in [2.45, 2.75) is 84.2 Å². The maximum absolute atomic E-state index is 11.9. The summed E-state index contributed by atoms with van der Waals surface area (Å²) in [5.74, 6) is 0.113. The van der Waals surface area contributed by atoms with Crippen molar-refractivity contribution in [3.8, 4) is 0 Å². The third-order valence-corrected chi connectivity index (χ3v) is 4.92. The molecule has 2 rings (SSSR count). The predicted molar refractivity (Wildman–Crippen MR) is 95.4 cm³/mol. The Morgan fingerprint density at radius 1 is 0.957 bits per heavy atom. The summed E-state index contributed by atoms with van der Waals surface area (Å²) in [6.07, 6.45) is 11.8. The van der Waals surface area contributed by atoms with Crippen molar-refractivity contribution in [2.75, 3.05) is 0 Å². The average Bonchev–Trinajstić information content (AvgIpc) is 2.94. The zero-order valence-electron chi connectivity index (χ0n) is 14.9. The maximum atomic E-state index is 11.9. The van der Waals surface area contributed by atoms with E-state index in [1.807, 2.05) is 0 Å². The van der Waals surface area contributed by atoms with Crippen LogP contribution in [0.3, 0.4) is 0 Å². The van der Waals surface area contributed by atoms with Crippen LogP contribution >= 0.6 is 0 Å². The largest absolute Gasteiger partial charge is 0.457 e. The summed E-state index contributed by atoms with van der Waals surface area (Å²) >= 11 is 0. The van der Waals surface area contributed by atoms with E-state index in [1.165, 1.54) is 37.7 Å². The lowest BCUT2D eigenvalue weighted by molar-refractivity contribution is -0.144. The number of rotatable bonds is 10. The molecule has 1 aromatic carbocycles. The fourth-order valence-corrected chi connectivity index (χ4v) is 3.36. The minimum Gasteiger partial charge on any atom is -0.457 e. The molecule has 0 N–H and O–H groups in total. The van der Waals surface area contributed by atoms with Crippen LogP contribution in [-0.4, -0.2) is 5.97 Å². The van der Waals surface area contributed by atoms with Crippen molar-refractivity contribution >= 4 is 5.97 Å². The Kier molecular flexibility index (Phi) is 7.64. The fraction of sp³-hybridized carbons (Fsp3) is 0.667. The fourth-order valence-electron chi connectivity index (χ4n) is 3.36. The SMILES string of the molecule is CCCCCCCc1ccc(C2CC(CCCC)C(=O)O2)cc1. The number of hydrogen-bond donors (Lipinski definition) is 0. The van der Waals surface area contributed by atoms with Gasteiger partial charge in [0.1, 0.15) is 6.10 Å². The smallest absolute Gasteiger partial charge is 0.309 e. The second-order valence-corrected chi connectivity index (χ2v) is 6.91. The lowest BCUT2D eigenvalue weighted by atomic mass is 9.95. The number of hydrogen-bond acceptors (Lipinski definition) is 2. The van der Waals surface area contributed by atoms with E-state index in [2.05, 4.69) is 38.1 Å². The van der Waals surface area contributed by atoms with E-state index in [4.69, 9.17) is 4.74 Å². The first kappa shape index (κ1) is 18.0. The minimum absolute atomic E-state index is 0.00320. The van der Waals surface area contributed by atoms with Crippen LogP contribution in [0.1, 0.15) is 88.9 Å². The summed E-state index contributed by atoms with van der Waals surface area (Å²) in [5.41, 5.74) is 2.56. The third-order valence-electron chi connectivity index (χ3n) is 4.92. The molecule has 2 nitrogen and oxygen atoms in total. The van der Waals surface area contributed by atoms with Gasteiger partial charge in [-0.05, 0) is 30.4 Å². The number of esters is 1. The van der Waals surface area contributed by atoms with Crippen molar-refractivity contribution < 1.29 is 9.53 Å². The summed E-state index contributed by atoms with van der Waals surface area (Å²) in [6.45, 7) is 4.42. The molecule has 0 saturated carbocycles. The van der Waals surface area contributed by atoms with E-state index in [0.29, 0.717) is 0 Å². The van der Waals surface area contributed by atoms with Gasteiger partial charge in [0.15, 0.2) is 0 Å². The van der Waals surface area contributed by atoms with Crippen LogP contribution in [0.4, 0.5) is 0 Å². The molecular weight excluding hydrogens is 284 g/mol. The van der Waals surface area contributed by atoms with Gasteiger partial charge in [-0.15, -0.1) is 0 Å². The van der Waals surface area contributed by atoms with E-state index in [9.17, 15) is 4.79 Å². The molecule has 128 valence electrons. The normalized spacial score (nSPS) is 20.7. The highest BCUT2D eigenvalue weighted by atomic mass is 16.5. The molecule has 0 bridgehead atoms. The molecule has 0 radical (unpaired) electrons. The summed E-state index contributed by atoms with van der Waals surface area (Å²) in [5, 5.41) is 0. The summed E-state index contributed by atoms with van der Waals surface area (Å²) in [4.78, 5) is 11.9. The second-order valence-electron chi connectivity index (χ2n) is 6.91. The van der Waals surface area contributed by atoms with Gasteiger partial charge in [0.2, 0.25) is 0 Å². The summed E-state index contributed by atoms with van der Waals surface area (Å²) in [7, 11) is 0. The highest BCUT2D eigenvalue weighted by Gasteiger charge is 2.34. The first-order valence-electron chi connectivity index (χ1n) is 9.54. The molecule has 0 aromatic heterocycles. The van der Waals surface area contributed by atoms with Gasteiger partial charge < -0.3 is 4.74 Å². The van der Waals surface area contributed by atoms with Gasteiger partial charge in [0.05, 0.1) is 5.92 Å². The summed E-state index contributed by atoms with van der Waals surface area (Å²) < 4.78 is 5.58. The lowest BCUT2D eigenvalue weighted by Gasteiger charge is -2.10. The van der Waals surface area contributed by atoms with Crippen molar-refractivity contribution in [3.05, 3.63) is 35.4 Å². The minimum atomic E-state index is -0.0250. The number of benzene rings is 1. The number of cyclic esters (lactones) is 1. The molecule has 2 heteroatoms. The standard InChI is InChI=1S/C21H32O2/c1-3-5-7-8-9-10-17-12-14-18(15-13-17)20-16-19(11-6-4-2)21(22)23-20/h12-15,19-20H,3-11,16H2,1-2H3. The molecule has 0 amide bonds. The van der Waals surface area contributed by atoms with Crippen molar-refractivity contribution in [1.29, 1.82) is 0 Å². The van der Waals surface area contributed by atoms with Crippen molar-refractivity contribution in [1.82, 2.24) is 0 Å². The Hall–Kier alpha value is -1.31. The van der Waals surface area contributed by atoms with Gasteiger partial charge in [0, 0.05) is 6.42 Å². The van der Waals surface area contributed by atoms with E-state index < -0.39 is 0 Å². The Morgan fingerprint density at radius 3 is 2.35 bits per heavy atom. The quantitative estimate of drug-likeness (QED) is 0.391. The first-order valence-corrected chi connectivity index (χ1v) is 9.54. The van der Waals surface area contributed by atoms with E-state index in [0.717, 1.165) is 37.7 Å². The zero-order valence-corrected chi connectivity index (χ0v) is 14.9. The van der Waals surface area contributed by atoms with Crippen molar-refractivity contribution in [2.24, 2.45) is 5.92 Å². The van der Waals surface area contributed by atoms with Gasteiger partial charge in [-0.2, -0.15) is 0 Å². The summed E-state index contributed by atoms with van der Waals surface area (Å²) in [6, 6.07) is 8.73. The van der Waals surface area contributed by atoms with E-state index in [1.54, 1.807) is 0 Å². The number of carbonyl (C=O) groups excluding carboxylic acids is 1. The number of aryl methyl sites for hydroxylation is 1. The number of unbranched alkanes of at least 4 members (excludes halogenated alkanes) is 5. The van der Waals surface area contributed by atoms with E-state index >= 15 is 0 Å². The van der Waals surface area contributed by atoms with Crippen LogP contribution in [0.2, 0.25) is 0 Å². The van der Waals surface area contributed by atoms with Crippen LogP contribution in [-0.2, 0) is 16.0 Å². The maximum Gasteiger partial charge on any atom is 0.309 e. The highest BCUT2D eigenvalue weighted by molar-refractivity contribution is 5.74. The Balaban J connectivity index is 1.79. The lowest BCUT2D eigenvalue weighted by Crippen LogP contribution is -2.06. The first-order chi connectivity index (χ1) is 11.2. The number of ether oxygens (including phenoxy) is 1. The number of carbonyl (C=O) groups is 1. The molecule has 1 fully saturated rings. The van der Waals surface area contributed by atoms with E-state index in [-0.39, 0.29) is 18.0 Å².